The molecule has 5 rings (SSSR count). The highest BCUT2D eigenvalue weighted by Gasteiger charge is 2.31. The monoisotopic (exact) mass is 914 g/mol. The number of aliphatic carboxylic acids is 1. The van der Waals surface area contributed by atoms with Crippen molar-refractivity contribution in [1.29, 1.82) is 0 Å². The van der Waals surface area contributed by atoms with E-state index in [9.17, 15) is 32.4 Å². The highest BCUT2D eigenvalue weighted by atomic mass is 32.2. The van der Waals surface area contributed by atoms with Crippen molar-refractivity contribution < 1.29 is 42.2 Å². The summed E-state index contributed by atoms with van der Waals surface area (Å²) in [6.45, 7) is 3.59. The Bertz CT molecular complexity index is 2660. The number of amides is 4. The van der Waals surface area contributed by atoms with E-state index in [2.05, 4.69) is 26.0 Å². The van der Waals surface area contributed by atoms with E-state index in [-0.39, 0.29) is 42.5 Å². The Kier molecular flexibility index (Phi) is 16.3. The summed E-state index contributed by atoms with van der Waals surface area (Å²) in [4.78, 5) is 78.1. The molecule has 0 aliphatic rings. The molecule has 21 nitrogen and oxygen atoms in total. The molecule has 0 spiro atoms. The zero-order valence-corrected chi connectivity index (χ0v) is 37.5. The molecule has 0 aliphatic heterocycles. The van der Waals surface area contributed by atoms with E-state index < -0.39 is 77.0 Å². The molecule has 4 amide bonds. The van der Waals surface area contributed by atoms with Gasteiger partial charge < -0.3 is 42.2 Å². The van der Waals surface area contributed by atoms with Gasteiger partial charge >= 0.3 is 5.97 Å². The summed E-state index contributed by atoms with van der Waals surface area (Å²) in [5, 5.41) is 28.2. The van der Waals surface area contributed by atoms with Gasteiger partial charge in [0.05, 0.1) is 29.3 Å². The summed E-state index contributed by atoms with van der Waals surface area (Å²) in [5.74, 6) is -3.47. The van der Waals surface area contributed by atoms with Crippen LogP contribution in [0, 0.1) is 13.8 Å². The maximum absolute atomic E-state index is 14.6. The molecule has 0 radical (unpaired) electrons. The van der Waals surface area contributed by atoms with Crippen molar-refractivity contribution in [2.45, 2.75) is 75.5 Å². The maximum Gasteiger partial charge on any atom is 0.303 e. The number of carboxylic acid groups (broad SMARTS) is 1. The van der Waals surface area contributed by atoms with E-state index >= 15 is 0 Å². The van der Waals surface area contributed by atoms with Gasteiger partial charge in [0.25, 0.3) is 0 Å². The van der Waals surface area contributed by atoms with Gasteiger partial charge in [-0.25, -0.2) is 23.4 Å². The second-order valence-corrected chi connectivity index (χ2v) is 16.8. The number of ether oxygens (including phenoxy) is 1. The number of nitrogens with one attached hydrogen (secondary N) is 3. The van der Waals surface area contributed by atoms with Gasteiger partial charge in [-0.3, -0.25) is 28.7 Å². The van der Waals surface area contributed by atoms with Gasteiger partial charge in [-0.05, 0) is 99.3 Å². The maximum atomic E-state index is 14.6. The molecule has 0 saturated heterocycles. The minimum absolute atomic E-state index is 0.00295. The number of methoxy groups -OCH3 is 1. The Hall–Kier alpha value is -7.01. The van der Waals surface area contributed by atoms with E-state index in [0.29, 0.717) is 22.8 Å². The minimum Gasteiger partial charge on any atom is -0.497 e. The standard InChI is InChI=1S/C43H54N12O9S/c1-25-6-9-29(23-36(25)65(46,62)63)55(43-47-21-19-37(51-43)53(3)28-10-13-31-26(2)54(4)52-35(31)22-28)38(56)16-15-33(49-40(59)32(45)14-17-39(57)58)42(61)50-34(18-20-44)41(60)48-24-27-7-11-30(64-5)12-8-27/h6-13,19,21-23,32-34H,14-18,20,24,44-45H2,1-5H3,(H,48,60)(H,49,59)(H,50,61)(H,57,58)(H2,46,62,63)/t32-,33-,34-/m0/s1. The molecular weight excluding hydrogens is 861 g/mol. The number of fused-ring (bicyclic) bond motifs is 1. The predicted octanol–water partition coefficient (Wildman–Crippen LogP) is 1.68. The molecule has 0 aliphatic carbocycles. The highest BCUT2D eigenvalue weighted by molar-refractivity contribution is 7.89. The fourth-order valence-electron chi connectivity index (χ4n) is 6.80. The van der Waals surface area contributed by atoms with Crippen LogP contribution in [0.4, 0.5) is 23.1 Å². The number of aryl methyl sites for hydroxylation is 3. The van der Waals surface area contributed by atoms with Crippen molar-refractivity contribution in [3.05, 3.63) is 89.7 Å². The van der Waals surface area contributed by atoms with E-state index in [4.69, 9.17) is 31.4 Å². The van der Waals surface area contributed by atoms with Crippen LogP contribution in [0.2, 0.25) is 0 Å². The quantitative estimate of drug-likeness (QED) is 0.0551. The number of carbonyl (C=O) groups is 5. The van der Waals surface area contributed by atoms with Crippen molar-refractivity contribution in [3.63, 3.8) is 0 Å². The van der Waals surface area contributed by atoms with Gasteiger partial charge in [-0.2, -0.15) is 10.1 Å². The van der Waals surface area contributed by atoms with E-state index in [1.165, 1.54) is 38.4 Å². The lowest BCUT2D eigenvalue weighted by molar-refractivity contribution is -0.137. The first-order valence-corrected chi connectivity index (χ1v) is 22.0. The number of benzene rings is 3. The van der Waals surface area contributed by atoms with Crippen molar-refractivity contribution in [2.24, 2.45) is 23.7 Å². The Balaban J connectivity index is 1.46. The fraction of sp³-hybridized carbons (Fsp3) is 0.349. The Morgan fingerprint density at radius 2 is 1.55 bits per heavy atom. The molecule has 2 heterocycles. The third kappa shape index (κ3) is 12.6. The predicted molar refractivity (Wildman–Crippen MR) is 242 cm³/mol. The summed E-state index contributed by atoms with van der Waals surface area (Å²) in [6, 6.07) is 14.4. The van der Waals surface area contributed by atoms with Gasteiger partial charge in [0.2, 0.25) is 39.6 Å². The fourth-order valence-corrected chi connectivity index (χ4v) is 7.60. The van der Waals surface area contributed by atoms with Crippen LogP contribution < -0.4 is 47.1 Å². The topological polar surface area (TPSA) is 313 Å². The Morgan fingerprint density at radius 3 is 2.22 bits per heavy atom. The van der Waals surface area contributed by atoms with Gasteiger partial charge in [-0.1, -0.05) is 18.2 Å². The SMILES string of the molecule is COc1ccc(CNC(=O)[C@H](CCN)NC(=O)[C@H](CCC(=O)N(c2ccc(C)c(S(N)(=O)=O)c2)c2nccc(N(C)c3ccc4c(C)n(C)nc4c3)n2)NC(=O)[C@@H](N)CCC(=O)O)cc1. The number of carboxylic acids is 1. The van der Waals surface area contributed by atoms with Gasteiger partial charge in [-0.15, -0.1) is 0 Å². The van der Waals surface area contributed by atoms with Crippen LogP contribution in [0.3, 0.4) is 0 Å². The number of rotatable bonds is 21. The molecular formula is C43H54N12O9S. The van der Waals surface area contributed by atoms with Crippen LogP contribution in [0.25, 0.3) is 10.9 Å². The zero-order chi connectivity index (χ0) is 47.6. The van der Waals surface area contributed by atoms with Crippen LogP contribution in [0.1, 0.15) is 48.9 Å². The highest BCUT2D eigenvalue weighted by Crippen LogP contribution is 2.31. The summed E-state index contributed by atoms with van der Waals surface area (Å²) in [7, 11) is 0.844. The molecule has 0 unspecified atom stereocenters. The third-order valence-electron chi connectivity index (χ3n) is 10.7. The average Bonchev–Trinajstić information content (AvgIpc) is 3.57. The largest absolute Gasteiger partial charge is 0.497 e. The van der Waals surface area contributed by atoms with Crippen LogP contribution in [-0.4, -0.2) is 102 Å². The number of hydrogen-bond donors (Lipinski definition) is 7. The number of primary sulfonamides is 1. The summed E-state index contributed by atoms with van der Waals surface area (Å²) >= 11 is 0. The lowest BCUT2D eigenvalue weighted by Crippen LogP contribution is -2.56. The minimum atomic E-state index is -4.28. The summed E-state index contributed by atoms with van der Waals surface area (Å²) in [6.07, 6.45) is -0.163. The molecule has 0 bridgehead atoms. The van der Waals surface area contributed by atoms with Crippen LogP contribution in [-0.2, 0) is 47.6 Å². The molecule has 346 valence electrons. The van der Waals surface area contributed by atoms with E-state index in [1.807, 2.05) is 32.2 Å². The number of anilines is 4. The van der Waals surface area contributed by atoms with Crippen LogP contribution in [0.5, 0.6) is 5.75 Å². The number of sulfonamides is 1. The van der Waals surface area contributed by atoms with Crippen molar-refractivity contribution in [2.75, 3.05) is 30.5 Å². The van der Waals surface area contributed by atoms with Crippen molar-refractivity contribution in [3.8, 4) is 5.75 Å². The first kappa shape index (κ1) is 49.0. The molecule has 0 saturated carbocycles. The van der Waals surface area contributed by atoms with Crippen LogP contribution in [0.15, 0.2) is 77.8 Å². The first-order chi connectivity index (χ1) is 30.8. The number of nitrogens with two attached hydrogens (primary N) is 3. The molecule has 2 aromatic heterocycles. The molecule has 3 aromatic carbocycles. The number of carbonyl (C=O) groups excluding carboxylic acids is 4. The van der Waals surface area contributed by atoms with Crippen molar-refractivity contribution in [1.82, 2.24) is 35.7 Å². The summed E-state index contributed by atoms with van der Waals surface area (Å²) < 4.78 is 32.3. The Morgan fingerprint density at radius 1 is 0.877 bits per heavy atom. The van der Waals surface area contributed by atoms with Crippen LogP contribution >= 0.6 is 0 Å². The smallest absolute Gasteiger partial charge is 0.303 e. The molecule has 5 aromatic rings. The zero-order valence-electron chi connectivity index (χ0n) is 36.6. The van der Waals surface area contributed by atoms with Crippen molar-refractivity contribution >= 4 is 73.7 Å². The summed E-state index contributed by atoms with van der Waals surface area (Å²) in [5.41, 5.74) is 15.3. The van der Waals surface area contributed by atoms with E-state index in [1.54, 1.807) is 47.0 Å². The molecule has 0 fully saturated rings. The third-order valence-corrected chi connectivity index (χ3v) is 11.7. The van der Waals surface area contributed by atoms with E-state index in [0.717, 1.165) is 27.1 Å². The lowest BCUT2D eigenvalue weighted by atomic mass is 10.1. The average molecular weight is 915 g/mol. The lowest BCUT2D eigenvalue weighted by Gasteiger charge is -2.26. The van der Waals surface area contributed by atoms with Gasteiger partial charge in [0, 0.05) is 56.4 Å². The number of nitrogens with zero attached hydrogens (tertiary/aromatic N) is 6. The second-order valence-electron chi connectivity index (χ2n) is 15.3. The normalized spacial score (nSPS) is 12.7. The molecule has 65 heavy (non-hydrogen) atoms. The molecule has 22 heteroatoms. The second kappa shape index (κ2) is 21.6. The first-order valence-electron chi connectivity index (χ1n) is 20.5. The number of aromatic nitrogens is 4. The van der Waals surface area contributed by atoms with Gasteiger partial charge in [0.1, 0.15) is 23.7 Å². The molecule has 3 atom stereocenters. The van der Waals surface area contributed by atoms with Gasteiger partial charge in [0.15, 0.2) is 0 Å². The number of hydrogen-bond acceptors (Lipinski definition) is 14. The Labute approximate surface area is 375 Å². The molecule has 10 N–H and O–H groups in total.